The fraction of sp³-hybridized carbons (Fsp3) is 0.130. The van der Waals surface area contributed by atoms with Crippen molar-refractivity contribution in [1.29, 1.82) is 0 Å². The third-order valence-electron chi connectivity index (χ3n) is 4.75. The Morgan fingerprint density at radius 1 is 0.750 bits per heavy atom. The zero-order valence-electron chi connectivity index (χ0n) is 15.0. The number of halogens is 1. The lowest BCUT2D eigenvalue weighted by molar-refractivity contribution is -0.155. The molecular weight excluding hydrogens is 420 g/mol. The molecule has 0 saturated heterocycles. The molecule has 28 heavy (non-hydrogen) atoms. The summed E-state index contributed by atoms with van der Waals surface area (Å²) >= 11 is 3.41. The van der Waals surface area contributed by atoms with E-state index < -0.39 is 23.8 Å². The normalized spacial score (nSPS) is 11.9. The lowest BCUT2D eigenvalue weighted by atomic mass is 9.81. The quantitative estimate of drug-likeness (QED) is 0.495. The smallest absolute Gasteiger partial charge is 0.318 e. The van der Waals surface area contributed by atoms with Crippen molar-refractivity contribution in [3.8, 4) is 11.1 Å². The summed E-state index contributed by atoms with van der Waals surface area (Å²) in [5.74, 6) is -4.84. The molecule has 0 saturated carbocycles. The van der Waals surface area contributed by atoms with Crippen molar-refractivity contribution in [2.45, 2.75) is 12.3 Å². The van der Waals surface area contributed by atoms with E-state index >= 15 is 0 Å². The molecule has 2 N–H and O–H groups in total. The van der Waals surface area contributed by atoms with Crippen LogP contribution in [-0.2, 0) is 16.0 Å². The maximum absolute atomic E-state index is 11.7. The second-order valence-electron chi connectivity index (χ2n) is 6.58. The van der Waals surface area contributed by atoms with E-state index in [1.165, 1.54) is 0 Å². The van der Waals surface area contributed by atoms with Crippen molar-refractivity contribution in [3.63, 3.8) is 0 Å². The highest BCUT2D eigenvalue weighted by Crippen LogP contribution is 2.31. The van der Waals surface area contributed by atoms with Gasteiger partial charge in [0, 0.05) is 10.4 Å². The number of carboxylic acids is 2. The molecule has 1 unspecified atom stereocenters. The van der Waals surface area contributed by atoms with E-state index in [1.54, 1.807) is 0 Å². The molecule has 142 valence electrons. The molecule has 1 atom stereocenters. The molecule has 4 nitrogen and oxygen atoms in total. The Kier molecular flexibility index (Phi) is 6.26. The number of rotatable bonds is 7. The predicted octanol–water partition coefficient (Wildman–Crippen LogP) is 5.23. The van der Waals surface area contributed by atoms with Crippen LogP contribution in [0.2, 0.25) is 0 Å². The van der Waals surface area contributed by atoms with Gasteiger partial charge < -0.3 is 10.2 Å². The van der Waals surface area contributed by atoms with Gasteiger partial charge in [0.25, 0.3) is 0 Å². The molecular formula is C23H19BrO4. The summed E-state index contributed by atoms with van der Waals surface area (Å²) in [7, 11) is 0. The summed E-state index contributed by atoms with van der Waals surface area (Å²) in [4.78, 5) is 23.4. The van der Waals surface area contributed by atoms with E-state index in [0.717, 1.165) is 21.2 Å². The number of carbonyl (C=O) groups is 2. The minimum atomic E-state index is -1.52. The second-order valence-corrected chi connectivity index (χ2v) is 7.49. The van der Waals surface area contributed by atoms with Gasteiger partial charge in [0.1, 0.15) is 0 Å². The van der Waals surface area contributed by atoms with Gasteiger partial charge >= 0.3 is 11.9 Å². The third kappa shape index (κ3) is 4.67. The van der Waals surface area contributed by atoms with Gasteiger partial charge in [-0.05, 0) is 40.8 Å². The first-order valence-corrected chi connectivity index (χ1v) is 9.60. The SMILES string of the molecule is O=C(O)C(C(=O)O)C(Cc1ccccc1)c1ccc(-c2ccc(Br)cc2)cc1. The Morgan fingerprint density at radius 2 is 1.25 bits per heavy atom. The zero-order chi connectivity index (χ0) is 20.1. The Balaban J connectivity index is 1.96. The van der Waals surface area contributed by atoms with Crippen LogP contribution >= 0.6 is 15.9 Å². The summed E-state index contributed by atoms with van der Waals surface area (Å²) in [5.41, 5.74) is 3.61. The molecule has 0 aliphatic carbocycles. The van der Waals surface area contributed by atoms with Crippen molar-refractivity contribution in [1.82, 2.24) is 0 Å². The Bertz CT molecular complexity index is 936. The molecule has 3 aromatic rings. The van der Waals surface area contributed by atoms with E-state index in [1.807, 2.05) is 78.9 Å². The van der Waals surface area contributed by atoms with Crippen molar-refractivity contribution in [2.75, 3.05) is 0 Å². The average molecular weight is 439 g/mol. The summed E-state index contributed by atoms with van der Waals surface area (Å²) < 4.78 is 0.988. The van der Waals surface area contributed by atoms with Gasteiger partial charge in [0.2, 0.25) is 0 Å². The van der Waals surface area contributed by atoms with E-state index in [4.69, 9.17) is 0 Å². The molecule has 0 amide bonds. The Morgan fingerprint density at radius 3 is 1.75 bits per heavy atom. The van der Waals surface area contributed by atoms with Crippen LogP contribution in [0.4, 0.5) is 0 Å². The van der Waals surface area contributed by atoms with Gasteiger partial charge in [-0.15, -0.1) is 0 Å². The molecule has 0 bridgehead atoms. The molecule has 3 rings (SSSR count). The molecule has 0 radical (unpaired) electrons. The lowest BCUT2D eigenvalue weighted by Crippen LogP contribution is -2.31. The maximum Gasteiger partial charge on any atom is 0.318 e. The van der Waals surface area contributed by atoms with Crippen molar-refractivity contribution >= 4 is 27.9 Å². The first-order chi connectivity index (χ1) is 13.5. The van der Waals surface area contributed by atoms with Gasteiger partial charge in [-0.3, -0.25) is 9.59 Å². The molecule has 3 aromatic carbocycles. The standard InChI is InChI=1S/C23H19BrO4/c24-19-12-10-17(11-13-19)16-6-8-18(9-7-16)20(21(22(25)26)23(27)28)14-15-4-2-1-3-5-15/h1-13,20-21H,14H2,(H,25,26)(H,27,28). The number of hydrogen-bond acceptors (Lipinski definition) is 2. The monoisotopic (exact) mass is 438 g/mol. The van der Waals surface area contributed by atoms with Gasteiger partial charge in [-0.1, -0.05) is 82.7 Å². The topological polar surface area (TPSA) is 74.6 Å². The Hall–Kier alpha value is -2.92. The average Bonchev–Trinajstić information content (AvgIpc) is 2.68. The molecule has 0 spiro atoms. The summed E-state index contributed by atoms with van der Waals surface area (Å²) in [5, 5.41) is 19.1. The number of aliphatic carboxylic acids is 2. The highest BCUT2D eigenvalue weighted by molar-refractivity contribution is 9.10. The number of carboxylic acid groups (broad SMARTS) is 2. The van der Waals surface area contributed by atoms with E-state index in [-0.39, 0.29) is 0 Å². The third-order valence-corrected chi connectivity index (χ3v) is 5.28. The van der Waals surface area contributed by atoms with Crippen LogP contribution in [-0.4, -0.2) is 22.2 Å². The first kappa shape index (κ1) is 19.8. The minimum absolute atomic E-state index is 0.335. The van der Waals surface area contributed by atoms with Crippen molar-refractivity contribution in [3.05, 3.63) is 94.5 Å². The number of hydrogen-bond donors (Lipinski definition) is 2. The van der Waals surface area contributed by atoms with E-state index in [2.05, 4.69) is 15.9 Å². The van der Waals surface area contributed by atoms with Gasteiger partial charge in [0.15, 0.2) is 5.92 Å². The summed E-state index contributed by atoms with van der Waals surface area (Å²) in [6.45, 7) is 0. The summed E-state index contributed by atoms with van der Waals surface area (Å²) in [6, 6.07) is 24.7. The van der Waals surface area contributed by atoms with Crippen LogP contribution in [0.5, 0.6) is 0 Å². The fourth-order valence-corrected chi connectivity index (χ4v) is 3.58. The maximum atomic E-state index is 11.7. The van der Waals surface area contributed by atoms with Crippen LogP contribution in [0.25, 0.3) is 11.1 Å². The van der Waals surface area contributed by atoms with Crippen LogP contribution in [0, 0.1) is 5.92 Å². The van der Waals surface area contributed by atoms with Crippen LogP contribution < -0.4 is 0 Å². The van der Waals surface area contributed by atoms with Crippen LogP contribution in [0.3, 0.4) is 0 Å². The lowest BCUT2D eigenvalue weighted by Gasteiger charge is -2.22. The number of benzene rings is 3. The molecule has 5 heteroatoms. The van der Waals surface area contributed by atoms with Crippen LogP contribution in [0.1, 0.15) is 17.0 Å². The van der Waals surface area contributed by atoms with E-state index in [0.29, 0.717) is 12.0 Å². The predicted molar refractivity (Wildman–Crippen MR) is 111 cm³/mol. The molecule has 0 aromatic heterocycles. The molecule has 0 aliphatic rings. The molecule has 0 heterocycles. The minimum Gasteiger partial charge on any atom is -0.481 e. The summed E-state index contributed by atoms with van der Waals surface area (Å²) in [6.07, 6.45) is 0.335. The zero-order valence-corrected chi connectivity index (χ0v) is 16.5. The largest absolute Gasteiger partial charge is 0.481 e. The molecule has 0 fully saturated rings. The van der Waals surface area contributed by atoms with Crippen molar-refractivity contribution < 1.29 is 19.8 Å². The van der Waals surface area contributed by atoms with Crippen molar-refractivity contribution in [2.24, 2.45) is 5.92 Å². The van der Waals surface area contributed by atoms with Crippen LogP contribution in [0.15, 0.2) is 83.3 Å². The van der Waals surface area contributed by atoms with Gasteiger partial charge in [0.05, 0.1) is 0 Å². The second kappa shape index (κ2) is 8.85. The van der Waals surface area contributed by atoms with E-state index in [9.17, 15) is 19.8 Å². The fourth-order valence-electron chi connectivity index (χ4n) is 3.31. The van der Waals surface area contributed by atoms with Gasteiger partial charge in [-0.25, -0.2) is 0 Å². The molecule has 0 aliphatic heterocycles. The Labute approximate surface area is 171 Å². The highest BCUT2D eigenvalue weighted by Gasteiger charge is 2.36. The highest BCUT2D eigenvalue weighted by atomic mass is 79.9. The van der Waals surface area contributed by atoms with Gasteiger partial charge in [-0.2, -0.15) is 0 Å². The first-order valence-electron chi connectivity index (χ1n) is 8.81.